The van der Waals surface area contributed by atoms with Gasteiger partial charge < -0.3 is 9.84 Å². The van der Waals surface area contributed by atoms with Crippen LogP contribution < -0.4 is 0 Å². The molecule has 4 nitrogen and oxygen atoms in total. The van der Waals surface area contributed by atoms with Crippen LogP contribution in [-0.2, 0) is 11.3 Å². The van der Waals surface area contributed by atoms with Crippen molar-refractivity contribution in [2.24, 2.45) is 0 Å². The van der Waals surface area contributed by atoms with Crippen molar-refractivity contribution < 1.29 is 9.84 Å². The van der Waals surface area contributed by atoms with Crippen molar-refractivity contribution in [3.63, 3.8) is 0 Å². The molecule has 78 valence electrons. The second-order valence-electron chi connectivity index (χ2n) is 4.46. The van der Waals surface area contributed by atoms with Crippen LogP contribution in [0.4, 0.5) is 0 Å². The molecule has 1 aromatic heterocycles. The van der Waals surface area contributed by atoms with Crippen molar-refractivity contribution in [3.8, 4) is 5.75 Å². The van der Waals surface area contributed by atoms with Gasteiger partial charge in [-0.15, -0.1) is 0 Å². The molecule has 1 aliphatic heterocycles. The summed E-state index contributed by atoms with van der Waals surface area (Å²) < 4.78 is 7.54. The zero-order valence-corrected chi connectivity index (χ0v) is 8.60. The summed E-state index contributed by atoms with van der Waals surface area (Å²) in [6.07, 6.45) is 5.44. The Morgan fingerprint density at radius 2 is 2.50 bits per heavy atom. The van der Waals surface area contributed by atoms with E-state index in [1.54, 1.807) is 10.9 Å². The minimum Gasteiger partial charge on any atom is -0.505 e. The van der Waals surface area contributed by atoms with Crippen LogP contribution in [0.3, 0.4) is 0 Å². The molecule has 0 radical (unpaired) electrons. The van der Waals surface area contributed by atoms with Crippen LogP contribution in [0, 0.1) is 0 Å². The summed E-state index contributed by atoms with van der Waals surface area (Å²) in [5.41, 5.74) is -0.000135. The molecule has 4 heteroatoms. The molecule has 1 atom stereocenters. The molecule has 0 bridgehead atoms. The van der Waals surface area contributed by atoms with E-state index in [4.69, 9.17) is 9.84 Å². The molecule has 14 heavy (non-hydrogen) atoms. The molecule has 1 fully saturated rings. The first-order chi connectivity index (χ1) is 6.55. The second-order valence-corrected chi connectivity index (χ2v) is 4.46. The number of hydrogen-bond donors (Lipinski definition) is 1. The number of nitrogens with zero attached hydrogens (tertiary/aromatic N) is 2. The largest absolute Gasteiger partial charge is 0.505 e. The van der Waals surface area contributed by atoms with Crippen molar-refractivity contribution in [3.05, 3.63) is 12.4 Å². The molecule has 1 saturated heterocycles. The second kappa shape index (κ2) is 3.28. The van der Waals surface area contributed by atoms with E-state index in [1.807, 2.05) is 0 Å². The maximum atomic E-state index is 9.11. The molecular weight excluding hydrogens is 180 g/mol. The summed E-state index contributed by atoms with van der Waals surface area (Å²) in [6, 6.07) is 0. The fourth-order valence-corrected chi connectivity index (χ4v) is 1.87. The zero-order chi connectivity index (χ0) is 10.2. The number of aromatic nitrogens is 2. The number of ether oxygens (including phenoxy) is 1. The Hall–Kier alpha value is -1.03. The maximum absolute atomic E-state index is 9.11. The summed E-state index contributed by atoms with van der Waals surface area (Å²) in [5, 5.41) is 13.1. The van der Waals surface area contributed by atoms with Gasteiger partial charge in [0.05, 0.1) is 30.6 Å². The first-order valence-electron chi connectivity index (χ1n) is 4.94. The van der Waals surface area contributed by atoms with Crippen LogP contribution in [0.2, 0.25) is 0 Å². The highest BCUT2D eigenvalue weighted by molar-refractivity contribution is 5.08. The lowest BCUT2D eigenvalue weighted by Crippen LogP contribution is -2.23. The van der Waals surface area contributed by atoms with Crippen LogP contribution in [0.25, 0.3) is 0 Å². The Morgan fingerprint density at radius 3 is 3.00 bits per heavy atom. The van der Waals surface area contributed by atoms with Gasteiger partial charge in [-0.2, -0.15) is 5.10 Å². The van der Waals surface area contributed by atoms with Crippen molar-refractivity contribution in [2.75, 3.05) is 0 Å². The van der Waals surface area contributed by atoms with Gasteiger partial charge in [0.1, 0.15) is 0 Å². The van der Waals surface area contributed by atoms with E-state index in [0.717, 1.165) is 19.4 Å². The van der Waals surface area contributed by atoms with Gasteiger partial charge in [-0.25, -0.2) is 0 Å². The molecule has 1 aromatic rings. The van der Waals surface area contributed by atoms with E-state index in [-0.39, 0.29) is 17.5 Å². The van der Waals surface area contributed by atoms with Crippen LogP contribution in [0.1, 0.15) is 26.7 Å². The molecular formula is C10H16N2O2. The third-order valence-electron chi connectivity index (χ3n) is 2.56. The third kappa shape index (κ3) is 2.07. The summed E-state index contributed by atoms with van der Waals surface area (Å²) >= 11 is 0. The Kier molecular flexibility index (Phi) is 2.23. The van der Waals surface area contributed by atoms with E-state index in [0.29, 0.717) is 0 Å². The Morgan fingerprint density at radius 1 is 1.71 bits per heavy atom. The predicted octanol–water partition coefficient (Wildman–Crippen LogP) is 1.55. The first kappa shape index (κ1) is 9.52. The molecule has 0 amide bonds. The number of rotatable bonds is 2. The fraction of sp³-hybridized carbons (Fsp3) is 0.700. The van der Waals surface area contributed by atoms with E-state index in [2.05, 4.69) is 18.9 Å². The van der Waals surface area contributed by atoms with E-state index >= 15 is 0 Å². The highest BCUT2D eigenvalue weighted by Crippen LogP contribution is 2.30. The van der Waals surface area contributed by atoms with Crippen molar-refractivity contribution in [1.29, 1.82) is 0 Å². The molecule has 0 aliphatic carbocycles. The van der Waals surface area contributed by atoms with Crippen molar-refractivity contribution in [2.45, 2.75) is 44.9 Å². The average Bonchev–Trinajstić information content (AvgIpc) is 2.59. The van der Waals surface area contributed by atoms with Gasteiger partial charge in [-0.3, -0.25) is 4.68 Å². The van der Waals surface area contributed by atoms with Crippen LogP contribution >= 0.6 is 0 Å². The molecule has 0 spiro atoms. The lowest BCUT2D eigenvalue weighted by atomic mass is 10.1. The highest BCUT2D eigenvalue weighted by atomic mass is 16.5. The highest BCUT2D eigenvalue weighted by Gasteiger charge is 2.31. The molecule has 2 heterocycles. The van der Waals surface area contributed by atoms with Gasteiger partial charge in [-0.05, 0) is 26.7 Å². The van der Waals surface area contributed by atoms with Gasteiger partial charge in [0.2, 0.25) is 0 Å². The van der Waals surface area contributed by atoms with Crippen molar-refractivity contribution in [1.82, 2.24) is 9.78 Å². The standard InChI is InChI=1S/C10H16N2O2/c1-10(2)4-3-9(14-10)7-12-6-8(13)5-11-12/h5-6,9,13H,3-4,7H2,1-2H3. The lowest BCUT2D eigenvalue weighted by Gasteiger charge is -2.19. The van der Waals surface area contributed by atoms with E-state index < -0.39 is 0 Å². The Balaban J connectivity index is 1.94. The Labute approximate surface area is 83.5 Å². The quantitative estimate of drug-likeness (QED) is 0.780. The number of aromatic hydroxyl groups is 1. The Bertz CT molecular complexity index is 320. The lowest BCUT2D eigenvalue weighted by molar-refractivity contribution is -0.0229. The van der Waals surface area contributed by atoms with Gasteiger partial charge in [-0.1, -0.05) is 0 Å². The zero-order valence-electron chi connectivity index (χ0n) is 8.60. The van der Waals surface area contributed by atoms with Gasteiger partial charge in [0.25, 0.3) is 0 Å². The summed E-state index contributed by atoms with van der Waals surface area (Å²) in [7, 11) is 0. The molecule has 1 unspecified atom stereocenters. The monoisotopic (exact) mass is 196 g/mol. The van der Waals surface area contributed by atoms with Crippen LogP contribution in [0.5, 0.6) is 5.75 Å². The molecule has 1 N–H and O–H groups in total. The molecule has 1 aliphatic rings. The fourth-order valence-electron chi connectivity index (χ4n) is 1.87. The topological polar surface area (TPSA) is 47.3 Å². The van der Waals surface area contributed by atoms with Gasteiger partial charge in [0, 0.05) is 0 Å². The minimum atomic E-state index is -0.000135. The normalized spacial score (nSPS) is 25.4. The van der Waals surface area contributed by atoms with E-state index in [1.165, 1.54) is 6.20 Å². The first-order valence-corrected chi connectivity index (χ1v) is 4.94. The predicted molar refractivity (Wildman–Crippen MR) is 52.1 cm³/mol. The third-order valence-corrected chi connectivity index (χ3v) is 2.56. The molecule has 0 saturated carbocycles. The maximum Gasteiger partial charge on any atom is 0.153 e. The van der Waals surface area contributed by atoms with Crippen LogP contribution in [-0.4, -0.2) is 26.6 Å². The summed E-state index contributed by atoms with van der Waals surface area (Å²) in [6.45, 7) is 4.94. The molecule has 0 aromatic carbocycles. The summed E-state index contributed by atoms with van der Waals surface area (Å²) in [5.74, 6) is 0.210. The van der Waals surface area contributed by atoms with Crippen molar-refractivity contribution >= 4 is 0 Å². The molecule has 2 rings (SSSR count). The SMILES string of the molecule is CC1(C)CCC(Cn2cc(O)cn2)O1. The average molecular weight is 196 g/mol. The summed E-state index contributed by atoms with van der Waals surface area (Å²) in [4.78, 5) is 0. The minimum absolute atomic E-state index is 0.000135. The van der Waals surface area contributed by atoms with Gasteiger partial charge >= 0.3 is 0 Å². The number of hydrogen-bond acceptors (Lipinski definition) is 3. The van der Waals surface area contributed by atoms with Crippen LogP contribution in [0.15, 0.2) is 12.4 Å². The smallest absolute Gasteiger partial charge is 0.153 e. The van der Waals surface area contributed by atoms with Gasteiger partial charge in [0.15, 0.2) is 5.75 Å². The van der Waals surface area contributed by atoms with E-state index in [9.17, 15) is 0 Å².